The lowest BCUT2D eigenvalue weighted by molar-refractivity contribution is -0.173. The Morgan fingerprint density at radius 1 is 0.950 bits per heavy atom. The highest BCUT2D eigenvalue weighted by atomic mass is 16.6. The fourth-order valence-electron chi connectivity index (χ4n) is 2.89. The molecule has 0 aromatic heterocycles. The molecule has 0 radical (unpaired) electrons. The molecule has 4 nitrogen and oxygen atoms in total. The molecule has 0 aromatic rings. The summed E-state index contributed by atoms with van der Waals surface area (Å²) in [5, 5.41) is 0. The van der Waals surface area contributed by atoms with E-state index in [9.17, 15) is 9.59 Å². The summed E-state index contributed by atoms with van der Waals surface area (Å²) in [6, 6.07) is 0. The molecule has 0 atom stereocenters. The molecule has 1 aliphatic rings. The predicted molar refractivity (Wildman–Crippen MR) is 77.2 cm³/mol. The van der Waals surface area contributed by atoms with Crippen LogP contribution in [0.5, 0.6) is 0 Å². The van der Waals surface area contributed by atoms with E-state index < -0.39 is 17.4 Å². The minimum absolute atomic E-state index is 0.284. The van der Waals surface area contributed by atoms with Crippen LogP contribution in [0.25, 0.3) is 0 Å². The third kappa shape index (κ3) is 3.22. The summed E-state index contributed by atoms with van der Waals surface area (Å²) in [4.78, 5) is 24.7. The molecule has 0 saturated heterocycles. The minimum Gasteiger partial charge on any atom is -0.465 e. The van der Waals surface area contributed by atoms with Gasteiger partial charge in [-0.25, -0.2) is 0 Å². The van der Waals surface area contributed by atoms with Gasteiger partial charge in [0.25, 0.3) is 0 Å². The molecule has 0 bridgehead atoms. The topological polar surface area (TPSA) is 52.6 Å². The van der Waals surface area contributed by atoms with E-state index in [-0.39, 0.29) is 13.2 Å². The van der Waals surface area contributed by atoms with Crippen LogP contribution in [-0.2, 0) is 19.1 Å². The summed E-state index contributed by atoms with van der Waals surface area (Å²) >= 11 is 0. The lowest BCUT2D eigenvalue weighted by atomic mass is 9.70. The van der Waals surface area contributed by atoms with Crippen molar-refractivity contribution in [3.05, 3.63) is 11.1 Å². The van der Waals surface area contributed by atoms with Crippen molar-refractivity contribution in [3.63, 3.8) is 0 Å². The maximum Gasteiger partial charge on any atom is 0.323 e. The second-order valence-electron chi connectivity index (χ2n) is 5.11. The highest BCUT2D eigenvalue weighted by molar-refractivity contribution is 6.00. The summed E-state index contributed by atoms with van der Waals surface area (Å²) in [5.74, 6) is -0.862. The summed E-state index contributed by atoms with van der Waals surface area (Å²) in [6.45, 7) is 8.27. The van der Waals surface area contributed by atoms with E-state index in [0.717, 1.165) is 19.3 Å². The average molecular weight is 282 g/mol. The van der Waals surface area contributed by atoms with Gasteiger partial charge in [-0.1, -0.05) is 25.0 Å². The van der Waals surface area contributed by atoms with E-state index in [1.165, 1.54) is 11.1 Å². The van der Waals surface area contributed by atoms with Gasteiger partial charge in [0.05, 0.1) is 13.2 Å². The summed E-state index contributed by atoms with van der Waals surface area (Å²) in [5.41, 5.74) is 1.45. The van der Waals surface area contributed by atoms with Gasteiger partial charge < -0.3 is 9.47 Å². The van der Waals surface area contributed by atoms with Crippen molar-refractivity contribution in [1.82, 2.24) is 0 Å². The Hall–Kier alpha value is -1.32. The Morgan fingerprint density at radius 3 is 1.85 bits per heavy atom. The lowest BCUT2D eigenvalue weighted by Crippen LogP contribution is -2.44. The Kier molecular flexibility index (Phi) is 6.24. The SMILES string of the molecule is CCOC(=O)C1(C(=O)OCC)CCC(CC)=C(CC)C1. The molecule has 1 rings (SSSR count). The monoisotopic (exact) mass is 282 g/mol. The van der Waals surface area contributed by atoms with Gasteiger partial charge in [0, 0.05) is 0 Å². The largest absolute Gasteiger partial charge is 0.465 e. The van der Waals surface area contributed by atoms with Crippen molar-refractivity contribution in [2.24, 2.45) is 5.41 Å². The number of carbonyl (C=O) groups is 2. The molecular weight excluding hydrogens is 256 g/mol. The van der Waals surface area contributed by atoms with Crippen LogP contribution < -0.4 is 0 Å². The van der Waals surface area contributed by atoms with E-state index in [1.807, 2.05) is 0 Å². The summed E-state index contributed by atoms with van der Waals surface area (Å²) in [7, 11) is 0. The second kappa shape index (κ2) is 7.46. The maximum absolute atomic E-state index is 12.3. The van der Waals surface area contributed by atoms with Crippen LogP contribution in [0.4, 0.5) is 0 Å². The number of hydrogen-bond acceptors (Lipinski definition) is 4. The summed E-state index contributed by atoms with van der Waals surface area (Å²) < 4.78 is 10.3. The fourth-order valence-corrected chi connectivity index (χ4v) is 2.89. The van der Waals surface area contributed by atoms with Crippen molar-refractivity contribution in [2.45, 2.75) is 59.8 Å². The van der Waals surface area contributed by atoms with E-state index in [4.69, 9.17) is 9.47 Å². The average Bonchev–Trinajstić information content (AvgIpc) is 2.46. The standard InChI is InChI=1S/C16H26O4/c1-5-12-9-10-16(11-13(12)6-2,14(17)19-7-3)15(18)20-8-4/h5-11H2,1-4H3. The number of ether oxygens (including phenoxy) is 2. The number of hydrogen-bond donors (Lipinski definition) is 0. The van der Waals surface area contributed by atoms with Gasteiger partial charge in [0.15, 0.2) is 5.41 Å². The van der Waals surface area contributed by atoms with Gasteiger partial charge >= 0.3 is 11.9 Å². The third-order valence-corrected chi connectivity index (χ3v) is 4.05. The Bertz CT molecular complexity index is 377. The maximum atomic E-state index is 12.3. The lowest BCUT2D eigenvalue weighted by Gasteiger charge is -2.35. The van der Waals surface area contributed by atoms with Crippen LogP contribution in [0.15, 0.2) is 11.1 Å². The Balaban J connectivity index is 3.11. The van der Waals surface area contributed by atoms with Gasteiger partial charge in [-0.15, -0.1) is 0 Å². The first-order valence-electron chi connectivity index (χ1n) is 7.59. The molecule has 0 aliphatic heterocycles. The molecule has 4 heteroatoms. The molecule has 0 unspecified atom stereocenters. The van der Waals surface area contributed by atoms with E-state index >= 15 is 0 Å². The van der Waals surface area contributed by atoms with Crippen molar-refractivity contribution in [3.8, 4) is 0 Å². The first kappa shape index (κ1) is 16.7. The van der Waals surface area contributed by atoms with E-state index in [0.29, 0.717) is 12.8 Å². The minimum atomic E-state index is -1.13. The van der Waals surface area contributed by atoms with Crippen molar-refractivity contribution >= 4 is 11.9 Å². The quantitative estimate of drug-likeness (QED) is 0.425. The van der Waals surface area contributed by atoms with E-state index in [1.54, 1.807) is 13.8 Å². The molecule has 0 aromatic carbocycles. The number of esters is 2. The van der Waals surface area contributed by atoms with Crippen LogP contribution in [0.1, 0.15) is 59.8 Å². The predicted octanol–water partition coefficient (Wildman–Crippen LogP) is 3.40. The molecule has 0 N–H and O–H groups in total. The molecule has 1 aliphatic carbocycles. The van der Waals surface area contributed by atoms with Crippen LogP contribution in [0, 0.1) is 5.41 Å². The van der Waals surface area contributed by atoms with Crippen molar-refractivity contribution < 1.29 is 19.1 Å². The molecule has 0 fully saturated rings. The van der Waals surface area contributed by atoms with Crippen molar-refractivity contribution in [2.75, 3.05) is 13.2 Å². The number of allylic oxidation sites excluding steroid dienone is 2. The smallest absolute Gasteiger partial charge is 0.323 e. The molecule has 0 spiro atoms. The zero-order valence-electron chi connectivity index (χ0n) is 13.1. The molecule has 0 heterocycles. The number of rotatable bonds is 6. The zero-order valence-corrected chi connectivity index (χ0v) is 13.1. The second-order valence-corrected chi connectivity index (χ2v) is 5.11. The van der Waals surface area contributed by atoms with E-state index in [2.05, 4.69) is 13.8 Å². The highest BCUT2D eigenvalue weighted by Gasteiger charge is 2.50. The van der Waals surface area contributed by atoms with Crippen LogP contribution in [-0.4, -0.2) is 25.2 Å². The molecule has 0 amide bonds. The molecule has 0 saturated carbocycles. The molecule has 114 valence electrons. The van der Waals surface area contributed by atoms with Gasteiger partial charge in [0.2, 0.25) is 0 Å². The Labute approximate surface area is 121 Å². The summed E-state index contributed by atoms with van der Waals surface area (Å²) in [6.07, 6.45) is 3.56. The van der Waals surface area contributed by atoms with Gasteiger partial charge in [0.1, 0.15) is 0 Å². The van der Waals surface area contributed by atoms with Crippen LogP contribution in [0.2, 0.25) is 0 Å². The molecule has 20 heavy (non-hydrogen) atoms. The fraction of sp³-hybridized carbons (Fsp3) is 0.750. The number of carbonyl (C=O) groups excluding carboxylic acids is 2. The first-order chi connectivity index (χ1) is 9.55. The normalized spacial score (nSPS) is 17.8. The first-order valence-corrected chi connectivity index (χ1v) is 7.59. The van der Waals surface area contributed by atoms with Gasteiger partial charge in [-0.2, -0.15) is 0 Å². The third-order valence-electron chi connectivity index (χ3n) is 4.05. The van der Waals surface area contributed by atoms with Gasteiger partial charge in [-0.05, 0) is 46.0 Å². The molecular formula is C16H26O4. The van der Waals surface area contributed by atoms with Crippen LogP contribution >= 0.6 is 0 Å². The Morgan fingerprint density at radius 2 is 1.45 bits per heavy atom. The highest BCUT2D eigenvalue weighted by Crippen LogP contribution is 2.43. The van der Waals surface area contributed by atoms with Crippen LogP contribution in [0.3, 0.4) is 0 Å². The zero-order chi connectivity index (χ0) is 15.2. The van der Waals surface area contributed by atoms with Crippen molar-refractivity contribution in [1.29, 1.82) is 0 Å². The van der Waals surface area contributed by atoms with Gasteiger partial charge in [-0.3, -0.25) is 9.59 Å².